The number of halogens is 1. The highest BCUT2D eigenvalue weighted by Gasteiger charge is 2.08. The molecular weight excluding hydrogens is 257 g/mol. The molecule has 3 nitrogen and oxygen atoms in total. The molecule has 0 heterocycles. The van der Waals surface area contributed by atoms with Crippen LogP contribution in [0, 0.1) is 5.82 Å². The van der Waals surface area contributed by atoms with Crippen molar-refractivity contribution in [1.29, 1.82) is 0 Å². The van der Waals surface area contributed by atoms with E-state index in [0.717, 1.165) is 11.1 Å². The second-order valence-corrected chi connectivity index (χ2v) is 4.74. The van der Waals surface area contributed by atoms with Crippen LogP contribution in [-0.4, -0.2) is 22.9 Å². The number of phenolic OH excluding ortho intramolecular Hbond substituents is 1. The zero-order valence-electron chi connectivity index (χ0n) is 11.1. The minimum absolute atomic E-state index is 0.00938. The van der Waals surface area contributed by atoms with Crippen LogP contribution in [0.3, 0.4) is 0 Å². The first kappa shape index (κ1) is 14.5. The molecule has 0 fully saturated rings. The quantitative estimate of drug-likeness (QED) is 0.757. The van der Waals surface area contributed by atoms with E-state index in [0.29, 0.717) is 13.0 Å². The molecule has 0 aromatic heterocycles. The summed E-state index contributed by atoms with van der Waals surface area (Å²) in [7, 11) is 0. The van der Waals surface area contributed by atoms with E-state index in [1.54, 1.807) is 6.07 Å². The summed E-state index contributed by atoms with van der Waals surface area (Å²) in [5, 5.41) is 21.7. The Bertz CT molecular complexity index is 545. The molecule has 0 saturated carbocycles. The van der Waals surface area contributed by atoms with E-state index in [-0.39, 0.29) is 18.4 Å². The lowest BCUT2D eigenvalue weighted by Gasteiger charge is -2.16. The molecule has 106 valence electrons. The lowest BCUT2D eigenvalue weighted by Crippen LogP contribution is -2.34. The first-order valence-electron chi connectivity index (χ1n) is 6.54. The van der Waals surface area contributed by atoms with Crippen molar-refractivity contribution in [3.8, 4) is 5.75 Å². The Morgan fingerprint density at radius 2 is 1.80 bits per heavy atom. The molecule has 0 bridgehead atoms. The molecule has 1 atom stereocenters. The standard InChI is InChI=1S/C16H18FNO2/c17-15-9-13(6-7-16(15)20)10-18-14(11-19)8-12-4-2-1-3-5-12/h1-7,9,14,18-20H,8,10-11H2. The van der Waals surface area contributed by atoms with Crippen molar-refractivity contribution in [1.82, 2.24) is 5.32 Å². The van der Waals surface area contributed by atoms with E-state index in [9.17, 15) is 9.50 Å². The van der Waals surface area contributed by atoms with Gasteiger partial charge in [0.25, 0.3) is 0 Å². The Balaban J connectivity index is 1.92. The number of aliphatic hydroxyl groups excluding tert-OH is 1. The molecule has 0 aliphatic heterocycles. The van der Waals surface area contributed by atoms with E-state index in [2.05, 4.69) is 5.32 Å². The minimum Gasteiger partial charge on any atom is -0.505 e. The van der Waals surface area contributed by atoms with Gasteiger partial charge in [-0.2, -0.15) is 0 Å². The van der Waals surface area contributed by atoms with Gasteiger partial charge in [0.05, 0.1) is 6.61 Å². The van der Waals surface area contributed by atoms with Crippen LogP contribution in [0.15, 0.2) is 48.5 Å². The lowest BCUT2D eigenvalue weighted by molar-refractivity contribution is 0.240. The molecule has 2 aromatic carbocycles. The smallest absolute Gasteiger partial charge is 0.165 e. The summed E-state index contributed by atoms with van der Waals surface area (Å²) in [6.07, 6.45) is 0.706. The SMILES string of the molecule is OCC(Cc1ccccc1)NCc1ccc(O)c(F)c1. The fraction of sp³-hybridized carbons (Fsp3) is 0.250. The van der Waals surface area contributed by atoms with Crippen LogP contribution in [0.4, 0.5) is 4.39 Å². The van der Waals surface area contributed by atoms with Gasteiger partial charge in [-0.3, -0.25) is 0 Å². The Kier molecular flexibility index (Phi) is 5.09. The van der Waals surface area contributed by atoms with Crippen molar-refractivity contribution in [3.63, 3.8) is 0 Å². The molecule has 0 amide bonds. The predicted octanol–water partition coefficient (Wildman–Crippen LogP) is 2.22. The average molecular weight is 275 g/mol. The summed E-state index contributed by atoms with van der Waals surface area (Å²) in [4.78, 5) is 0. The highest BCUT2D eigenvalue weighted by Crippen LogP contribution is 2.16. The number of aromatic hydroxyl groups is 1. The minimum atomic E-state index is -0.632. The number of rotatable bonds is 6. The van der Waals surface area contributed by atoms with Gasteiger partial charge in [0, 0.05) is 12.6 Å². The number of benzene rings is 2. The Morgan fingerprint density at radius 1 is 1.05 bits per heavy atom. The van der Waals surface area contributed by atoms with Gasteiger partial charge in [0.15, 0.2) is 11.6 Å². The van der Waals surface area contributed by atoms with Crippen molar-refractivity contribution >= 4 is 0 Å². The van der Waals surface area contributed by atoms with Crippen LogP contribution in [0.5, 0.6) is 5.75 Å². The highest BCUT2D eigenvalue weighted by atomic mass is 19.1. The second-order valence-electron chi connectivity index (χ2n) is 4.74. The zero-order chi connectivity index (χ0) is 14.4. The highest BCUT2D eigenvalue weighted by molar-refractivity contribution is 5.28. The molecule has 0 aliphatic carbocycles. The third kappa shape index (κ3) is 4.05. The van der Waals surface area contributed by atoms with Gasteiger partial charge >= 0.3 is 0 Å². The van der Waals surface area contributed by atoms with E-state index < -0.39 is 5.82 Å². The molecule has 0 spiro atoms. The Labute approximate surface area is 117 Å². The van der Waals surface area contributed by atoms with Crippen LogP contribution in [0.25, 0.3) is 0 Å². The van der Waals surface area contributed by atoms with E-state index in [1.165, 1.54) is 12.1 Å². The van der Waals surface area contributed by atoms with Gasteiger partial charge in [-0.25, -0.2) is 4.39 Å². The number of nitrogens with one attached hydrogen (secondary N) is 1. The van der Waals surface area contributed by atoms with Gasteiger partial charge in [0.2, 0.25) is 0 Å². The maximum atomic E-state index is 13.2. The summed E-state index contributed by atoms with van der Waals surface area (Å²) >= 11 is 0. The summed E-state index contributed by atoms with van der Waals surface area (Å²) in [5.41, 5.74) is 1.86. The third-order valence-electron chi connectivity index (χ3n) is 3.15. The van der Waals surface area contributed by atoms with Gasteiger partial charge in [0.1, 0.15) is 0 Å². The first-order chi connectivity index (χ1) is 9.69. The van der Waals surface area contributed by atoms with E-state index in [4.69, 9.17) is 5.11 Å². The molecule has 0 radical (unpaired) electrons. The predicted molar refractivity (Wildman–Crippen MR) is 75.9 cm³/mol. The number of phenols is 1. The second kappa shape index (κ2) is 7.03. The molecule has 2 aromatic rings. The van der Waals surface area contributed by atoms with Crippen molar-refractivity contribution < 1.29 is 14.6 Å². The van der Waals surface area contributed by atoms with Crippen molar-refractivity contribution in [2.45, 2.75) is 19.0 Å². The number of hydrogen-bond acceptors (Lipinski definition) is 3. The summed E-state index contributed by atoms with van der Waals surface area (Å²) in [5.74, 6) is -0.982. The van der Waals surface area contributed by atoms with Gasteiger partial charge in [-0.1, -0.05) is 36.4 Å². The van der Waals surface area contributed by atoms with E-state index in [1.807, 2.05) is 30.3 Å². The molecule has 2 rings (SSSR count). The fourth-order valence-corrected chi connectivity index (χ4v) is 2.02. The van der Waals surface area contributed by atoms with Crippen LogP contribution in [0.1, 0.15) is 11.1 Å². The summed E-state index contributed by atoms with van der Waals surface area (Å²) in [6.45, 7) is 0.449. The summed E-state index contributed by atoms with van der Waals surface area (Å²) in [6, 6.07) is 14.1. The topological polar surface area (TPSA) is 52.5 Å². The van der Waals surface area contributed by atoms with Crippen molar-refractivity contribution in [2.75, 3.05) is 6.61 Å². The maximum Gasteiger partial charge on any atom is 0.165 e. The first-order valence-corrected chi connectivity index (χ1v) is 6.54. The Hall–Kier alpha value is -1.91. The monoisotopic (exact) mass is 275 g/mol. The molecule has 1 unspecified atom stereocenters. The van der Waals surface area contributed by atoms with Gasteiger partial charge < -0.3 is 15.5 Å². The van der Waals surface area contributed by atoms with Crippen molar-refractivity contribution in [3.05, 3.63) is 65.5 Å². The van der Waals surface area contributed by atoms with Crippen LogP contribution in [0.2, 0.25) is 0 Å². The van der Waals surface area contributed by atoms with Gasteiger partial charge in [-0.15, -0.1) is 0 Å². The molecule has 3 N–H and O–H groups in total. The average Bonchev–Trinajstić information content (AvgIpc) is 2.48. The van der Waals surface area contributed by atoms with E-state index >= 15 is 0 Å². The molecule has 4 heteroatoms. The van der Waals surface area contributed by atoms with Crippen LogP contribution < -0.4 is 5.32 Å². The van der Waals surface area contributed by atoms with Crippen LogP contribution in [-0.2, 0) is 13.0 Å². The molecule has 0 saturated heterocycles. The third-order valence-corrected chi connectivity index (χ3v) is 3.15. The largest absolute Gasteiger partial charge is 0.505 e. The number of aliphatic hydroxyl groups is 1. The van der Waals surface area contributed by atoms with Crippen LogP contribution >= 0.6 is 0 Å². The molecule has 20 heavy (non-hydrogen) atoms. The lowest BCUT2D eigenvalue weighted by atomic mass is 10.1. The maximum absolute atomic E-state index is 13.2. The molecular formula is C16H18FNO2. The molecule has 0 aliphatic rings. The van der Waals surface area contributed by atoms with Crippen molar-refractivity contribution in [2.24, 2.45) is 0 Å². The normalized spacial score (nSPS) is 12.3. The number of hydrogen-bond donors (Lipinski definition) is 3. The van der Waals surface area contributed by atoms with Gasteiger partial charge in [-0.05, 0) is 29.7 Å². The summed E-state index contributed by atoms with van der Waals surface area (Å²) < 4.78 is 13.2. The Morgan fingerprint density at radius 3 is 2.45 bits per heavy atom. The zero-order valence-corrected chi connectivity index (χ0v) is 11.1. The fourth-order valence-electron chi connectivity index (χ4n) is 2.02.